The van der Waals surface area contributed by atoms with Crippen LogP contribution in [0.3, 0.4) is 0 Å². The maximum Gasteiger partial charge on any atom is 0.416 e. The van der Waals surface area contributed by atoms with Crippen LogP contribution in [0, 0.1) is 0 Å². The van der Waals surface area contributed by atoms with Gasteiger partial charge in [-0.25, -0.2) is 14.8 Å². The lowest BCUT2D eigenvalue weighted by Gasteiger charge is -2.37. The first-order chi connectivity index (χ1) is 19.1. The van der Waals surface area contributed by atoms with Crippen LogP contribution in [-0.2, 0) is 12.7 Å². The fraction of sp³-hybridized carbons (Fsp3) is 0.346. The van der Waals surface area contributed by atoms with Gasteiger partial charge in [0.1, 0.15) is 17.9 Å². The third-order valence-corrected chi connectivity index (χ3v) is 6.23. The molecule has 1 fully saturated rings. The molecule has 0 bridgehead atoms. The van der Waals surface area contributed by atoms with E-state index in [2.05, 4.69) is 54.3 Å². The molecular weight excluding hydrogens is 527 g/mol. The fourth-order valence-electron chi connectivity index (χ4n) is 4.22. The molecule has 11 nitrogen and oxygen atoms in total. The number of ether oxygens (including phenoxy) is 1. The molecule has 0 radical (unpaired) electrons. The van der Waals surface area contributed by atoms with Crippen molar-refractivity contribution >= 4 is 23.2 Å². The highest BCUT2D eigenvalue weighted by Crippen LogP contribution is 2.32. The van der Waals surface area contributed by atoms with Gasteiger partial charge in [-0.15, -0.1) is 0 Å². The average Bonchev–Trinajstić information content (AvgIpc) is 2.90. The Morgan fingerprint density at radius 3 is 2.40 bits per heavy atom. The molecule has 1 aliphatic heterocycles. The summed E-state index contributed by atoms with van der Waals surface area (Å²) in [5.74, 6) is 0.625. The van der Waals surface area contributed by atoms with Crippen LogP contribution in [0.5, 0.6) is 11.6 Å². The summed E-state index contributed by atoms with van der Waals surface area (Å²) in [7, 11) is 0. The summed E-state index contributed by atoms with van der Waals surface area (Å²) >= 11 is 0. The number of urea groups is 1. The minimum atomic E-state index is -4.56. The van der Waals surface area contributed by atoms with E-state index >= 15 is 0 Å². The maximum absolute atomic E-state index is 13.6. The highest BCUT2D eigenvalue weighted by molar-refractivity contribution is 5.99. The number of hydrogen-bond donors (Lipinski definition) is 2. The van der Waals surface area contributed by atoms with Gasteiger partial charge in [-0.3, -0.25) is 9.80 Å². The first-order valence-corrected chi connectivity index (χ1v) is 12.5. The van der Waals surface area contributed by atoms with Crippen molar-refractivity contribution in [3.05, 3.63) is 76.4 Å². The molecular formula is C26H28F3N9O2. The number of rotatable bonds is 8. The highest BCUT2D eigenvalue weighted by Gasteiger charge is 2.31. The van der Waals surface area contributed by atoms with Crippen LogP contribution >= 0.6 is 0 Å². The van der Waals surface area contributed by atoms with Gasteiger partial charge in [-0.1, -0.05) is 0 Å². The summed E-state index contributed by atoms with van der Waals surface area (Å²) in [6.45, 7) is 7.81. The lowest BCUT2D eigenvalue weighted by Crippen LogP contribution is -2.48. The molecule has 1 aliphatic rings. The number of carbonyl (C=O) groups is 1. The minimum absolute atomic E-state index is 0.0442. The van der Waals surface area contributed by atoms with E-state index in [1.54, 1.807) is 30.3 Å². The zero-order valence-corrected chi connectivity index (χ0v) is 21.9. The second-order valence-corrected chi connectivity index (χ2v) is 9.43. The van der Waals surface area contributed by atoms with Crippen LogP contribution < -0.4 is 15.4 Å². The number of piperazine rings is 1. The van der Waals surface area contributed by atoms with E-state index in [-0.39, 0.29) is 17.4 Å². The second kappa shape index (κ2) is 12.6. The third kappa shape index (κ3) is 8.06. The molecule has 1 saturated heterocycles. The van der Waals surface area contributed by atoms with E-state index in [0.29, 0.717) is 29.6 Å². The SMILES string of the molecule is CC(C)N1CCN(Cc2cc(NC(=O)Nc3ccc(Oc4cc(N=[N+]=[N-])ncn4)cc3)cc(C(F)(F)F)c2)CC1. The summed E-state index contributed by atoms with van der Waals surface area (Å²) in [5, 5.41) is 8.49. The number of carbonyl (C=O) groups excluding carboxylic acids is 1. The van der Waals surface area contributed by atoms with Crippen LogP contribution in [-0.4, -0.2) is 58.0 Å². The third-order valence-electron chi connectivity index (χ3n) is 6.23. The van der Waals surface area contributed by atoms with Gasteiger partial charge < -0.3 is 15.4 Å². The van der Waals surface area contributed by atoms with E-state index < -0.39 is 17.8 Å². The summed E-state index contributed by atoms with van der Waals surface area (Å²) in [5.41, 5.74) is 8.59. The van der Waals surface area contributed by atoms with Crippen molar-refractivity contribution in [3.8, 4) is 11.6 Å². The molecule has 2 amide bonds. The highest BCUT2D eigenvalue weighted by atomic mass is 19.4. The van der Waals surface area contributed by atoms with Gasteiger partial charge in [0.15, 0.2) is 0 Å². The number of aromatic nitrogens is 2. The van der Waals surface area contributed by atoms with Crippen LogP contribution in [0.15, 0.2) is 60.0 Å². The Morgan fingerprint density at radius 1 is 1.05 bits per heavy atom. The largest absolute Gasteiger partial charge is 0.439 e. The second-order valence-electron chi connectivity index (χ2n) is 9.43. The van der Waals surface area contributed by atoms with Gasteiger partial charge >= 0.3 is 12.2 Å². The van der Waals surface area contributed by atoms with Gasteiger partial charge in [0, 0.05) is 61.1 Å². The number of alkyl halides is 3. The van der Waals surface area contributed by atoms with Crippen LogP contribution in [0.1, 0.15) is 25.0 Å². The van der Waals surface area contributed by atoms with Crippen molar-refractivity contribution in [3.63, 3.8) is 0 Å². The first kappa shape index (κ1) is 28.6. The van der Waals surface area contributed by atoms with Gasteiger partial charge in [0.2, 0.25) is 5.88 Å². The predicted molar refractivity (Wildman–Crippen MR) is 143 cm³/mol. The lowest BCUT2D eigenvalue weighted by molar-refractivity contribution is -0.137. The monoisotopic (exact) mass is 555 g/mol. The predicted octanol–water partition coefficient (Wildman–Crippen LogP) is 6.40. The molecule has 0 spiro atoms. The van der Waals surface area contributed by atoms with Crippen molar-refractivity contribution in [2.75, 3.05) is 36.8 Å². The number of halogens is 3. The number of amides is 2. The molecule has 4 rings (SSSR count). The molecule has 14 heteroatoms. The van der Waals surface area contributed by atoms with Gasteiger partial charge in [-0.2, -0.15) is 13.2 Å². The molecule has 0 unspecified atom stereocenters. The standard InChI is InChI=1S/C26H28F3N9O2/c1-17(2)38-9-7-37(8-10-38)15-18-11-19(26(27,28)29)13-21(12-18)34-25(39)33-20-3-5-22(6-4-20)40-24-14-23(35-36-30)31-16-32-24/h3-6,11-14,16-17H,7-10,15H2,1-2H3,(H2,33,34,39). The van der Waals surface area contributed by atoms with E-state index in [0.717, 1.165) is 38.3 Å². The number of nitrogens with one attached hydrogen (secondary N) is 2. The number of azide groups is 1. The Bertz CT molecular complexity index is 1370. The number of nitrogens with zero attached hydrogens (tertiary/aromatic N) is 7. The van der Waals surface area contributed by atoms with Crippen molar-refractivity contribution in [1.82, 2.24) is 19.8 Å². The first-order valence-electron chi connectivity index (χ1n) is 12.5. The summed E-state index contributed by atoms with van der Waals surface area (Å²) < 4.78 is 46.4. The van der Waals surface area contributed by atoms with Crippen LogP contribution in [0.2, 0.25) is 0 Å². The topological polar surface area (TPSA) is 131 Å². The number of hydrogen-bond acceptors (Lipinski definition) is 7. The summed E-state index contributed by atoms with van der Waals surface area (Å²) in [6.07, 6.45) is -3.37. The molecule has 2 aromatic carbocycles. The van der Waals surface area contributed by atoms with Crippen molar-refractivity contribution in [2.24, 2.45) is 5.11 Å². The van der Waals surface area contributed by atoms with Crippen LogP contribution in [0.4, 0.5) is 35.2 Å². The van der Waals surface area contributed by atoms with E-state index in [9.17, 15) is 18.0 Å². The quantitative estimate of drug-likeness (QED) is 0.188. The van der Waals surface area contributed by atoms with Gasteiger partial charge in [0.05, 0.1) is 5.56 Å². The Morgan fingerprint density at radius 2 is 1.75 bits per heavy atom. The Kier molecular flexibility index (Phi) is 9.04. The maximum atomic E-state index is 13.6. The number of benzene rings is 2. The van der Waals surface area contributed by atoms with Crippen molar-refractivity contribution < 1.29 is 22.7 Å². The molecule has 210 valence electrons. The summed E-state index contributed by atoms with van der Waals surface area (Å²) in [6, 6.07) is 10.9. The Balaban J connectivity index is 1.39. The Labute approximate surface area is 228 Å². The zero-order valence-electron chi connectivity index (χ0n) is 21.9. The molecule has 40 heavy (non-hydrogen) atoms. The Hall–Kier alpha value is -4.39. The molecule has 1 aromatic heterocycles. The normalized spacial score (nSPS) is 14.4. The van der Waals surface area contributed by atoms with Crippen molar-refractivity contribution in [2.45, 2.75) is 32.6 Å². The minimum Gasteiger partial charge on any atom is -0.439 e. The van der Waals surface area contributed by atoms with Gasteiger partial charge in [-0.05, 0) is 72.5 Å². The molecule has 0 atom stereocenters. The van der Waals surface area contributed by atoms with E-state index in [1.807, 2.05) is 0 Å². The van der Waals surface area contributed by atoms with Crippen molar-refractivity contribution in [1.29, 1.82) is 0 Å². The zero-order chi connectivity index (χ0) is 28.7. The molecule has 0 saturated carbocycles. The van der Waals surface area contributed by atoms with E-state index in [1.165, 1.54) is 12.4 Å². The lowest BCUT2D eigenvalue weighted by atomic mass is 10.1. The molecule has 2 heterocycles. The number of anilines is 2. The smallest absolute Gasteiger partial charge is 0.416 e. The molecule has 2 N–H and O–H groups in total. The van der Waals surface area contributed by atoms with Crippen LogP contribution in [0.25, 0.3) is 10.4 Å². The average molecular weight is 556 g/mol. The molecule has 3 aromatic rings. The summed E-state index contributed by atoms with van der Waals surface area (Å²) in [4.78, 5) is 27.4. The fourth-order valence-corrected chi connectivity index (χ4v) is 4.22. The van der Waals surface area contributed by atoms with E-state index in [4.69, 9.17) is 10.3 Å². The molecule has 0 aliphatic carbocycles. The van der Waals surface area contributed by atoms with Gasteiger partial charge in [0.25, 0.3) is 0 Å².